The maximum absolute atomic E-state index is 10.5. The fourth-order valence-electron chi connectivity index (χ4n) is 1.14. The molecule has 4 nitrogen and oxygen atoms in total. The smallest absolute Gasteiger partial charge is 0.320 e. The standard InChI is InChI=1S/C10H13NO3.ClH/c1-14-8-4-2-3-7(5-8)6-9(11)10(12)13;/h2-5,9H,6,11H2,1H3,(H,12,13);1H/t9-;/m0./s1. The molecule has 84 valence electrons. The first kappa shape index (κ1) is 13.7. The predicted molar refractivity (Wildman–Crippen MR) is 59.6 cm³/mol. The summed E-state index contributed by atoms with van der Waals surface area (Å²) in [6.07, 6.45) is 0.312. The van der Waals surface area contributed by atoms with Gasteiger partial charge in [-0.1, -0.05) is 12.1 Å². The van der Waals surface area contributed by atoms with Crippen LogP contribution in [0.3, 0.4) is 0 Å². The van der Waals surface area contributed by atoms with E-state index in [9.17, 15) is 4.79 Å². The molecule has 0 unspecified atom stereocenters. The highest BCUT2D eigenvalue weighted by atomic mass is 35.5. The SMILES string of the molecule is COc1cccc(C[C@H](N)C(=O)O)c1.Cl. The predicted octanol–water partition coefficient (Wildman–Crippen LogP) is 1.07. The lowest BCUT2D eigenvalue weighted by Crippen LogP contribution is -2.32. The highest BCUT2D eigenvalue weighted by Crippen LogP contribution is 2.13. The van der Waals surface area contributed by atoms with Gasteiger partial charge in [0.2, 0.25) is 0 Å². The second-order valence-electron chi connectivity index (χ2n) is 3.00. The van der Waals surface area contributed by atoms with Crippen molar-refractivity contribution in [3.05, 3.63) is 29.8 Å². The highest BCUT2D eigenvalue weighted by molar-refractivity contribution is 5.85. The van der Waals surface area contributed by atoms with Crippen LogP contribution >= 0.6 is 12.4 Å². The molecule has 1 aromatic carbocycles. The van der Waals surface area contributed by atoms with Gasteiger partial charge in [0.15, 0.2) is 0 Å². The van der Waals surface area contributed by atoms with Gasteiger partial charge in [0.1, 0.15) is 11.8 Å². The fraction of sp³-hybridized carbons (Fsp3) is 0.300. The highest BCUT2D eigenvalue weighted by Gasteiger charge is 2.11. The molecule has 15 heavy (non-hydrogen) atoms. The molecule has 0 saturated carbocycles. The summed E-state index contributed by atoms with van der Waals surface area (Å²) in [6, 6.07) is 6.36. The maximum atomic E-state index is 10.5. The van der Waals surface area contributed by atoms with Crippen LogP contribution in [0.2, 0.25) is 0 Å². The van der Waals surface area contributed by atoms with E-state index >= 15 is 0 Å². The van der Waals surface area contributed by atoms with Gasteiger partial charge in [-0.2, -0.15) is 0 Å². The fourth-order valence-corrected chi connectivity index (χ4v) is 1.14. The van der Waals surface area contributed by atoms with Crippen LogP contribution in [0.25, 0.3) is 0 Å². The van der Waals surface area contributed by atoms with E-state index in [0.29, 0.717) is 12.2 Å². The molecule has 0 aliphatic heterocycles. The van der Waals surface area contributed by atoms with Crippen molar-refractivity contribution >= 4 is 18.4 Å². The summed E-state index contributed by atoms with van der Waals surface area (Å²) < 4.78 is 5.01. The Bertz CT molecular complexity index is 330. The lowest BCUT2D eigenvalue weighted by atomic mass is 10.1. The molecule has 0 fully saturated rings. The zero-order chi connectivity index (χ0) is 10.6. The molecule has 1 aromatic rings. The number of hydrogen-bond donors (Lipinski definition) is 2. The van der Waals surface area contributed by atoms with Gasteiger partial charge < -0.3 is 15.6 Å². The van der Waals surface area contributed by atoms with E-state index < -0.39 is 12.0 Å². The van der Waals surface area contributed by atoms with Gasteiger partial charge in [0.25, 0.3) is 0 Å². The first-order chi connectivity index (χ1) is 6.63. The third-order valence-corrected chi connectivity index (χ3v) is 1.91. The lowest BCUT2D eigenvalue weighted by Gasteiger charge is -2.07. The number of benzene rings is 1. The summed E-state index contributed by atoms with van der Waals surface area (Å²) in [6.45, 7) is 0. The summed E-state index contributed by atoms with van der Waals surface area (Å²) in [5.41, 5.74) is 6.26. The van der Waals surface area contributed by atoms with Crippen LogP contribution < -0.4 is 10.5 Å². The van der Waals surface area contributed by atoms with Crippen molar-refractivity contribution < 1.29 is 14.6 Å². The molecular formula is C10H14ClNO3. The van der Waals surface area contributed by atoms with Crippen molar-refractivity contribution in [3.8, 4) is 5.75 Å². The van der Waals surface area contributed by atoms with Crippen molar-refractivity contribution in [1.82, 2.24) is 0 Å². The Morgan fingerprint density at radius 3 is 2.80 bits per heavy atom. The minimum atomic E-state index is -0.993. The van der Waals surface area contributed by atoms with Crippen LogP contribution in [0.1, 0.15) is 5.56 Å². The normalized spacial score (nSPS) is 11.3. The largest absolute Gasteiger partial charge is 0.497 e. The molecule has 0 bridgehead atoms. The zero-order valence-corrected chi connectivity index (χ0v) is 9.16. The number of hydrogen-bond acceptors (Lipinski definition) is 3. The Balaban J connectivity index is 0.00000196. The molecular weight excluding hydrogens is 218 g/mol. The average molecular weight is 232 g/mol. The summed E-state index contributed by atoms with van der Waals surface area (Å²) >= 11 is 0. The van der Waals surface area contributed by atoms with Gasteiger partial charge in [0.05, 0.1) is 7.11 Å². The van der Waals surface area contributed by atoms with Gasteiger partial charge in [-0.05, 0) is 24.1 Å². The van der Waals surface area contributed by atoms with Gasteiger partial charge in [0, 0.05) is 0 Å². The minimum absolute atomic E-state index is 0. The average Bonchev–Trinajstić information content (AvgIpc) is 2.18. The van der Waals surface area contributed by atoms with E-state index in [-0.39, 0.29) is 12.4 Å². The molecule has 3 N–H and O–H groups in total. The number of nitrogens with two attached hydrogens (primary N) is 1. The van der Waals surface area contributed by atoms with Crippen LogP contribution in [0.5, 0.6) is 5.75 Å². The topological polar surface area (TPSA) is 72.5 Å². The minimum Gasteiger partial charge on any atom is -0.497 e. The monoisotopic (exact) mass is 231 g/mol. The molecule has 5 heteroatoms. The van der Waals surface area contributed by atoms with Crippen LogP contribution in [0.4, 0.5) is 0 Å². The number of ether oxygens (including phenoxy) is 1. The molecule has 0 aliphatic rings. The van der Waals surface area contributed by atoms with E-state index in [2.05, 4.69) is 0 Å². The molecule has 0 amide bonds. The number of carboxylic acid groups (broad SMARTS) is 1. The van der Waals surface area contributed by atoms with Crippen LogP contribution in [-0.2, 0) is 11.2 Å². The molecule has 0 radical (unpaired) electrons. The van der Waals surface area contributed by atoms with Gasteiger partial charge in [-0.3, -0.25) is 4.79 Å². The molecule has 0 aromatic heterocycles. The van der Waals surface area contributed by atoms with Crippen molar-refractivity contribution in [2.75, 3.05) is 7.11 Å². The Morgan fingerprint density at radius 2 is 2.27 bits per heavy atom. The first-order valence-corrected chi connectivity index (χ1v) is 4.25. The van der Waals surface area contributed by atoms with Crippen LogP contribution in [-0.4, -0.2) is 24.2 Å². The van der Waals surface area contributed by atoms with E-state index in [1.165, 1.54) is 0 Å². The summed E-state index contributed by atoms with van der Waals surface area (Å²) in [5, 5.41) is 8.61. The molecule has 0 aliphatic carbocycles. The Morgan fingerprint density at radius 1 is 1.60 bits per heavy atom. The number of carboxylic acids is 1. The summed E-state index contributed by atoms with van der Waals surface area (Å²) in [5.74, 6) is -0.284. The molecule has 0 spiro atoms. The van der Waals surface area contributed by atoms with E-state index in [4.69, 9.17) is 15.6 Å². The van der Waals surface area contributed by atoms with E-state index in [1.54, 1.807) is 19.2 Å². The third-order valence-electron chi connectivity index (χ3n) is 1.91. The number of methoxy groups -OCH3 is 1. The summed E-state index contributed by atoms with van der Waals surface area (Å²) in [4.78, 5) is 10.5. The van der Waals surface area contributed by atoms with E-state index in [0.717, 1.165) is 5.56 Å². The molecule has 0 heterocycles. The van der Waals surface area contributed by atoms with Crippen molar-refractivity contribution in [1.29, 1.82) is 0 Å². The number of carbonyl (C=O) groups is 1. The van der Waals surface area contributed by atoms with Crippen molar-refractivity contribution in [3.63, 3.8) is 0 Å². The summed E-state index contributed by atoms with van der Waals surface area (Å²) in [7, 11) is 1.57. The van der Waals surface area contributed by atoms with Crippen LogP contribution in [0, 0.1) is 0 Å². The van der Waals surface area contributed by atoms with Gasteiger partial charge in [-0.25, -0.2) is 0 Å². The lowest BCUT2D eigenvalue weighted by molar-refractivity contribution is -0.138. The van der Waals surface area contributed by atoms with E-state index in [1.807, 2.05) is 12.1 Å². The van der Waals surface area contributed by atoms with Crippen molar-refractivity contribution in [2.45, 2.75) is 12.5 Å². The second kappa shape index (κ2) is 6.27. The second-order valence-corrected chi connectivity index (χ2v) is 3.00. The Hall–Kier alpha value is -1.26. The first-order valence-electron chi connectivity index (χ1n) is 4.25. The number of aliphatic carboxylic acids is 1. The third kappa shape index (κ3) is 4.18. The molecule has 1 atom stereocenters. The Kier molecular flexibility index (Phi) is 5.74. The molecule has 1 rings (SSSR count). The zero-order valence-electron chi connectivity index (χ0n) is 8.34. The quantitative estimate of drug-likeness (QED) is 0.813. The molecule has 0 saturated heterocycles. The van der Waals surface area contributed by atoms with Crippen molar-refractivity contribution in [2.24, 2.45) is 5.73 Å². The number of rotatable bonds is 4. The maximum Gasteiger partial charge on any atom is 0.320 e. The van der Waals surface area contributed by atoms with Crippen LogP contribution in [0.15, 0.2) is 24.3 Å². The van der Waals surface area contributed by atoms with Gasteiger partial charge in [-0.15, -0.1) is 12.4 Å². The number of halogens is 1. The Labute approximate surface area is 94.5 Å². The van der Waals surface area contributed by atoms with Gasteiger partial charge >= 0.3 is 5.97 Å².